The largest absolute Gasteiger partial charge is 0.465 e. The lowest BCUT2D eigenvalue weighted by Gasteiger charge is -2.04. The summed E-state index contributed by atoms with van der Waals surface area (Å²) in [6.07, 6.45) is 2.19. The predicted octanol–water partition coefficient (Wildman–Crippen LogP) is 1.14. The van der Waals surface area contributed by atoms with Crippen LogP contribution in [0.1, 0.15) is 25.7 Å². The van der Waals surface area contributed by atoms with E-state index >= 15 is 0 Å². The van der Waals surface area contributed by atoms with Gasteiger partial charge in [0.2, 0.25) is 0 Å². The summed E-state index contributed by atoms with van der Waals surface area (Å²) in [5.74, 6) is -1.60. The van der Waals surface area contributed by atoms with E-state index in [1.54, 1.807) is 0 Å². The number of carbonyl (C=O) groups is 4. The second-order valence-corrected chi connectivity index (χ2v) is 3.78. The topological polar surface area (TPSA) is 86.7 Å². The maximum Gasteiger partial charge on any atom is 0.306 e. The Morgan fingerprint density at radius 3 is 1.35 bits per heavy atom. The lowest BCUT2D eigenvalue weighted by Crippen LogP contribution is -2.13. The summed E-state index contributed by atoms with van der Waals surface area (Å²) in [4.78, 5) is 44.1. The van der Waals surface area contributed by atoms with Crippen LogP contribution in [-0.4, -0.2) is 36.7 Å². The summed E-state index contributed by atoms with van der Waals surface area (Å²) in [7, 11) is 0. The number of esters is 2. The summed E-state index contributed by atoms with van der Waals surface area (Å²) < 4.78 is 9.48. The quantitative estimate of drug-likeness (QED) is 0.417. The van der Waals surface area contributed by atoms with Crippen molar-refractivity contribution in [1.82, 2.24) is 0 Å². The van der Waals surface area contributed by atoms with E-state index in [1.807, 2.05) is 0 Å². The van der Waals surface area contributed by atoms with Gasteiger partial charge in [0.15, 0.2) is 11.6 Å². The molecule has 0 amide bonds. The van der Waals surface area contributed by atoms with Crippen molar-refractivity contribution in [2.24, 2.45) is 0 Å². The van der Waals surface area contributed by atoms with Gasteiger partial charge in [-0.05, 0) is 12.2 Å². The van der Waals surface area contributed by atoms with Gasteiger partial charge in [-0.3, -0.25) is 19.2 Å². The van der Waals surface area contributed by atoms with Crippen molar-refractivity contribution in [3.05, 3.63) is 25.3 Å². The van der Waals surface area contributed by atoms with E-state index in [2.05, 4.69) is 13.2 Å². The molecule has 0 aliphatic rings. The molecule has 0 radical (unpaired) electrons. The van der Waals surface area contributed by atoms with Gasteiger partial charge in [0.05, 0.1) is 26.1 Å². The van der Waals surface area contributed by atoms with Crippen LogP contribution >= 0.6 is 0 Å². The number of ether oxygens (including phenoxy) is 2. The van der Waals surface area contributed by atoms with Crippen LogP contribution in [0.2, 0.25) is 0 Å². The lowest BCUT2D eigenvalue weighted by molar-refractivity contribution is -0.151. The summed E-state index contributed by atoms with van der Waals surface area (Å²) in [5, 5.41) is 0. The summed E-state index contributed by atoms with van der Waals surface area (Å²) >= 11 is 0. The monoisotopic (exact) mass is 282 g/mol. The molecule has 6 heteroatoms. The molecule has 110 valence electrons. The third kappa shape index (κ3) is 9.76. The number of allylic oxidation sites excluding steroid dienone is 2. The van der Waals surface area contributed by atoms with E-state index in [1.165, 1.54) is 0 Å². The number of ketones is 2. The first-order chi connectivity index (χ1) is 9.49. The molecule has 0 unspecified atom stereocenters. The van der Waals surface area contributed by atoms with Crippen molar-refractivity contribution in [2.45, 2.75) is 25.7 Å². The molecule has 0 aromatic rings. The zero-order valence-electron chi connectivity index (χ0n) is 11.3. The van der Waals surface area contributed by atoms with Gasteiger partial charge in [0.1, 0.15) is 0 Å². The molecule has 0 rings (SSSR count). The first kappa shape index (κ1) is 17.8. The van der Waals surface area contributed by atoms with Crippen LogP contribution in [0.25, 0.3) is 0 Å². The Balaban J connectivity index is 3.65. The highest BCUT2D eigenvalue weighted by Crippen LogP contribution is 1.98. The molecule has 0 aliphatic carbocycles. The zero-order chi connectivity index (χ0) is 15.4. The van der Waals surface area contributed by atoms with Crippen molar-refractivity contribution >= 4 is 23.5 Å². The minimum absolute atomic E-state index is 0.0351. The van der Waals surface area contributed by atoms with E-state index < -0.39 is 11.9 Å². The number of hydrogen-bond donors (Lipinski definition) is 0. The molecule has 0 saturated carbocycles. The molecular weight excluding hydrogens is 264 g/mol. The first-order valence-electron chi connectivity index (χ1n) is 6.11. The number of carbonyl (C=O) groups excluding carboxylic acids is 4. The summed E-state index contributed by atoms with van der Waals surface area (Å²) in [6, 6.07) is 0. The maximum atomic E-state index is 11.2. The van der Waals surface area contributed by atoms with E-state index in [9.17, 15) is 19.2 Å². The molecule has 0 aliphatic heterocycles. The smallest absolute Gasteiger partial charge is 0.306 e. The standard InChI is InChI=1S/C14H18O6/c1-3-11(15)7-9-19-13(17)5-6-14(18)20-10-8-12(16)4-2/h3-4H,1-2,5-10H2. The summed E-state index contributed by atoms with van der Waals surface area (Å²) in [5.41, 5.74) is 0. The Labute approximate surface area is 117 Å². The van der Waals surface area contributed by atoms with E-state index in [0.29, 0.717) is 0 Å². The molecule has 6 nitrogen and oxygen atoms in total. The molecule has 0 fully saturated rings. The highest BCUT2D eigenvalue weighted by molar-refractivity contribution is 5.89. The second-order valence-electron chi connectivity index (χ2n) is 3.78. The average molecular weight is 282 g/mol. The number of rotatable bonds is 11. The Morgan fingerprint density at radius 2 is 1.05 bits per heavy atom. The van der Waals surface area contributed by atoms with Crippen molar-refractivity contribution < 1.29 is 28.7 Å². The fourth-order valence-corrected chi connectivity index (χ4v) is 1.08. The van der Waals surface area contributed by atoms with E-state index in [-0.39, 0.29) is 50.5 Å². The molecule has 0 saturated heterocycles. The molecule has 0 aromatic heterocycles. The Kier molecular flexibility index (Phi) is 9.47. The molecule has 0 spiro atoms. The van der Waals surface area contributed by atoms with Gasteiger partial charge in [-0.2, -0.15) is 0 Å². The molecule has 20 heavy (non-hydrogen) atoms. The van der Waals surface area contributed by atoms with Crippen LogP contribution in [0.3, 0.4) is 0 Å². The SMILES string of the molecule is C=CC(=O)CCOC(=O)CCC(=O)OCCC(=O)C=C. The van der Waals surface area contributed by atoms with E-state index in [0.717, 1.165) is 12.2 Å². The van der Waals surface area contributed by atoms with Gasteiger partial charge in [-0.25, -0.2) is 0 Å². The van der Waals surface area contributed by atoms with Crippen LogP contribution in [0.5, 0.6) is 0 Å². The highest BCUT2D eigenvalue weighted by Gasteiger charge is 2.10. The minimum Gasteiger partial charge on any atom is -0.465 e. The maximum absolute atomic E-state index is 11.2. The van der Waals surface area contributed by atoms with Gasteiger partial charge in [-0.15, -0.1) is 0 Å². The first-order valence-corrected chi connectivity index (χ1v) is 6.11. The van der Waals surface area contributed by atoms with Gasteiger partial charge in [0.25, 0.3) is 0 Å². The van der Waals surface area contributed by atoms with Crippen LogP contribution < -0.4 is 0 Å². The molecule has 0 N–H and O–H groups in total. The van der Waals surface area contributed by atoms with Crippen LogP contribution in [0.15, 0.2) is 25.3 Å². The normalized spacial score (nSPS) is 9.40. The second kappa shape index (κ2) is 10.7. The zero-order valence-corrected chi connectivity index (χ0v) is 11.3. The van der Waals surface area contributed by atoms with Gasteiger partial charge < -0.3 is 9.47 Å². The van der Waals surface area contributed by atoms with Crippen LogP contribution in [-0.2, 0) is 28.7 Å². The van der Waals surface area contributed by atoms with Crippen LogP contribution in [0, 0.1) is 0 Å². The van der Waals surface area contributed by atoms with Crippen LogP contribution in [0.4, 0.5) is 0 Å². The van der Waals surface area contributed by atoms with Gasteiger partial charge in [-0.1, -0.05) is 13.2 Å². The fourth-order valence-electron chi connectivity index (χ4n) is 1.08. The van der Waals surface area contributed by atoms with Crippen molar-refractivity contribution in [3.63, 3.8) is 0 Å². The Hall–Kier alpha value is -2.24. The number of hydrogen-bond acceptors (Lipinski definition) is 6. The summed E-state index contributed by atoms with van der Waals surface area (Å²) in [6.45, 7) is 6.50. The highest BCUT2D eigenvalue weighted by atomic mass is 16.5. The lowest BCUT2D eigenvalue weighted by atomic mass is 10.3. The predicted molar refractivity (Wildman–Crippen MR) is 70.8 cm³/mol. The van der Waals surface area contributed by atoms with Crippen molar-refractivity contribution in [2.75, 3.05) is 13.2 Å². The fraction of sp³-hybridized carbons (Fsp3) is 0.429. The van der Waals surface area contributed by atoms with Crippen molar-refractivity contribution in [3.8, 4) is 0 Å². The third-order valence-electron chi connectivity index (χ3n) is 2.21. The average Bonchev–Trinajstić information content (AvgIpc) is 2.44. The Morgan fingerprint density at radius 1 is 0.700 bits per heavy atom. The van der Waals surface area contributed by atoms with Gasteiger partial charge in [0, 0.05) is 12.8 Å². The molecule has 0 aromatic carbocycles. The van der Waals surface area contributed by atoms with Gasteiger partial charge >= 0.3 is 11.9 Å². The minimum atomic E-state index is -0.582. The third-order valence-corrected chi connectivity index (χ3v) is 2.21. The molecule has 0 atom stereocenters. The molecule has 0 bridgehead atoms. The Bertz CT molecular complexity index is 358. The molecule has 0 heterocycles. The molecular formula is C14H18O6. The van der Waals surface area contributed by atoms with E-state index in [4.69, 9.17) is 9.47 Å². The van der Waals surface area contributed by atoms with Crippen molar-refractivity contribution in [1.29, 1.82) is 0 Å².